The van der Waals surface area contributed by atoms with Gasteiger partial charge in [0.1, 0.15) is 0 Å². The van der Waals surface area contributed by atoms with Crippen LogP contribution in [0.3, 0.4) is 0 Å². The number of sulfonamides is 1. The van der Waals surface area contributed by atoms with Crippen molar-refractivity contribution in [2.45, 2.75) is 11.0 Å². The zero-order chi connectivity index (χ0) is 14.0. The second-order valence-electron chi connectivity index (χ2n) is 3.93. The van der Waals surface area contributed by atoms with Crippen molar-refractivity contribution in [3.63, 3.8) is 0 Å². The van der Waals surface area contributed by atoms with Crippen LogP contribution in [0.25, 0.3) is 0 Å². The molecule has 0 aliphatic carbocycles. The normalized spacial score (nSPS) is 21.0. The standard InChI is InChI=1S/C11H10Br2N2O3S/c12-8-1-2-10(13)11(5-8)19(16,17)15-3-4-18-9(6-14)7-15/h1-2,5,9H,3-4,7H2. The lowest BCUT2D eigenvalue weighted by molar-refractivity contribution is 0.0311. The Morgan fingerprint density at radius 1 is 1.42 bits per heavy atom. The summed E-state index contributed by atoms with van der Waals surface area (Å²) in [6, 6.07) is 6.89. The first kappa shape index (κ1) is 14.9. The maximum atomic E-state index is 12.5. The van der Waals surface area contributed by atoms with Gasteiger partial charge in [-0.15, -0.1) is 0 Å². The maximum absolute atomic E-state index is 12.5. The molecule has 0 bridgehead atoms. The van der Waals surface area contributed by atoms with E-state index in [0.29, 0.717) is 8.95 Å². The zero-order valence-corrected chi connectivity index (χ0v) is 13.7. The van der Waals surface area contributed by atoms with Crippen molar-refractivity contribution in [2.75, 3.05) is 19.7 Å². The molecule has 1 atom stereocenters. The van der Waals surface area contributed by atoms with E-state index in [1.807, 2.05) is 6.07 Å². The van der Waals surface area contributed by atoms with Crippen LogP contribution in [-0.2, 0) is 14.8 Å². The molecule has 1 aliphatic rings. The molecule has 0 saturated carbocycles. The van der Waals surface area contributed by atoms with E-state index in [-0.39, 0.29) is 24.6 Å². The van der Waals surface area contributed by atoms with Crippen LogP contribution in [-0.4, -0.2) is 38.5 Å². The van der Waals surface area contributed by atoms with E-state index in [4.69, 9.17) is 10.00 Å². The number of nitriles is 1. The Kier molecular flexibility index (Phi) is 4.63. The van der Waals surface area contributed by atoms with Crippen LogP contribution in [0.15, 0.2) is 32.0 Å². The fourth-order valence-corrected chi connectivity index (χ4v) is 4.62. The van der Waals surface area contributed by atoms with Crippen molar-refractivity contribution >= 4 is 41.9 Å². The summed E-state index contributed by atoms with van der Waals surface area (Å²) in [5.41, 5.74) is 0. The van der Waals surface area contributed by atoms with E-state index in [0.717, 1.165) is 0 Å². The van der Waals surface area contributed by atoms with Crippen LogP contribution in [0.4, 0.5) is 0 Å². The van der Waals surface area contributed by atoms with Crippen molar-refractivity contribution < 1.29 is 13.2 Å². The van der Waals surface area contributed by atoms with Crippen LogP contribution in [0.1, 0.15) is 0 Å². The third kappa shape index (κ3) is 3.17. The van der Waals surface area contributed by atoms with Crippen LogP contribution >= 0.6 is 31.9 Å². The molecule has 5 nitrogen and oxygen atoms in total. The first-order chi connectivity index (χ1) is 8.95. The van der Waals surface area contributed by atoms with E-state index in [2.05, 4.69) is 31.9 Å². The molecule has 0 spiro atoms. The van der Waals surface area contributed by atoms with E-state index in [9.17, 15) is 8.42 Å². The van der Waals surface area contributed by atoms with Crippen molar-refractivity contribution in [1.82, 2.24) is 4.31 Å². The molecule has 1 unspecified atom stereocenters. The zero-order valence-electron chi connectivity index (χ0n) is 9.71. The van der Waals surface area contributed by atoms with E-state index in [1.54, 1.807) is 12.1 Å². The SMILES string of the molecule is N#CC1CN(S(=O)(=O)c2cc(Br)ccc2Br)CCO1. The molecular weight excluding hydrogens is 400 g/mol. The van der Waals surface area contributed by atoms with Crippen LogP contribution < -0.4 is 0 Å². The van der Waals surface area contributed by atoms with Gasteiger partial charge in [-0.05, 0) is 34.1 Å². The maximum Gasteiger partial charge on any atom is 0.244 e. The number of benzene rings is 1. The topological polar surface area (TPSA) is 70.4 Å². The van der Waals surface area contributed by atoms with Crippen LogP contribution in [0.5, 0.6) is 0 Å². The van der Waals surface area contributed by atoms with Crippen molar-refractivity contribution in [3.8, 4) is 6.07 Å². The number of halogens is 2. The van der Waals surface area contributed by atoms with Gasteiger partial charge in [0.25, 0.3) is 0 Å². The summed E-state index contributed by atoms with van der Waals surface area (Å²) in [6.45, 7) is 0.528. The van der Waals surface area contributed by atoms with E-state index < -0.39 is 16.1 Å². The van der Waals surface area contributed by atoms with Gasteiger partial charge in [-0.3, -0.25) is 0 Å². The highest BCUT2D eigenvalue weighted by molar-refractivity contribution is 9.11. The first-order valence-corrected chi connectivity index (χ1v) is 8.44. The summed E-state index contributed by atoms with van der Waals surface area (Å²) < 4.78 is 32.7. The second-order valence-corrected chi connectivity index (χ2v) is 7.60. The minimum Gasteiger partial charge on any atom is -0.361 e. The molecule has 0 N–H and O–H groups in total. The smallest absolute Gasteiger partial charge is 0.244 e. The monoisotopic (exact) mass is 408 g/mol. The van der Waals surface area contributed by atoms with Gasteiger partial charge in [-0.25, -0.2) is 8.42 Å². The number of nitrogens with zero attached hydrogens (tertiary/aromatic N) is 2. The number of rotatable bonds is 2. The molecule has 0 amide bonds. The Bertz CT molecular complexity index is 627. The molecule has 1 fully saturated rings. The van der Waals surface area contributed by atoms with Gasteiger partial charge >= 0.3 is 0 Å². The summed E-state index contributed by atoms with van der Waals surface area (Å²) >= 11 is 6.50. The van der Waals surface area contributed by atoms with Crippen LogP contribution in [0.2, 0.25) is 0 Å². The largest absolute Gasteiger partial charge is 0.361 e. The third-order valence-electron chi connectivity index (χ3n) is 2.68. The molecule has 2 rings (SSSR count). The Hall–Kier alpha value is -0.460. The highest BCUT2D eigenvalue weighted by atomic mass is 79.9. The summed E-state index contributed by atoms with van der Waals surface area (Å²) in [5, 5.41) is 8.83. The van der Waals surface area contributed by atoms with Crippen LogP contribution in [0, 0.1) is 11.3 Å². The fraction of sp³-hybridized carbons (Fsp3) is 0.364. The minimum atomic E-state index is -3.63. The Labute approximate surface area is 128 Å². The van der Waals surface area contributed by atoms with Gasteiger partial charge in [-0.2, -0.15) is 9.57 Å². The van der Waals surface area contributed by atoms with Gasteiger partial charge in [0.15, 0.2) is 6.10 Å². The molecule has 0 radical (unpaired) electrons. The van der Waals surface area contributed by atoms with Crippen molar-refractivity contribution in [3.05, 3.63) is 27.1 Å². The molecular formula is C11H10Br2N2O3S. The van der Waals surface area contributed by atoms with Gasteiger partial charge in [-0.1, -0.05) is 15.9 Å². The molecule has 1 aliphatic heterocycles. The second kappa shape index (κ2) is 5.89. The fourth-order valence-electron chi connectivity index (χ4n) is 1.74. The molecule has 0 aromatic heterocycles. The summed E-state index contributed by atoms with van der Waals surface area (Å²) in [4.78, 5) is 0.181. The molecule has 1 aromatic carbocycles. The molecule has 102 valence electrons. The lowest BCUT2D eigenvalue weighted by Crippen LogP contribution is -2.45. The summed E-state index contributed by atoms with van der Waals surface area (Å²) in [5.74, 6) is 0. The Balaban J connectivity index is 2.37. The van der Waals surface area contributed by atoms with Gasteiger partial charge in [0, 0.05) is 15.5 Å². The van der Waals surface area contributed by atoms with Crippen molar-refractivity contribution in [2.24, 2.45) is 0 Å². The molecule has 1 saturated heterocycles. The number of hydrogen-bond acceptors (Lipinski definition) is 4. The van der Waals surface area contributed by atoms with Gasteiger partial charge in [0.2, 0.25) is 10.0 Å². The molecule has 8 heteroatoms. The quantitative estimate of drug-likeness (QED) is 0.750. The molecule has 19 heavy (non-hydrogen) atoms. The lowest BCUT2D eigenvalue weighted by Gasteiger charge is -2.29. The number of ether oxygens (including phenoxy) is 1. The Morgan fingerprint density at radius 2 is 2.16 bits per heavy atom. The number of morpholine rings is 1. The molecule has 1 aromatic rings. The summed E-state index contributed by atoms with van der Waals surface area (Å²) in [7, 11) is -3.63. The minimum absolute atomic E-state index is 0.0534. The van der Waals surface area contributed by atoms with E-state index in [1.165, 1.54) is 10.4 Å². The van der Waals surface area contributed by atoms with Gasteiger partial charge < -0.3 is 4.74 Å². The first-order valence-electron chi connectivity index (χ1n) is 5.41. The van der Waals surface area contributed by atoms with E-state index >= 15 is 0 Å². The highest BCUT2D eigenvalue weighted by Gasteiger charge is 2.32. The highest BCUT2D eigenvalue weighted by Crippen LogP contribution is 2.29. The van der Waals surface area contributed by atoms with Gasteiger partial charge in [0.05, 0.1) is 24.1 Å². The lowest BCUT2D eigenvalue weighted by atomic mass is 10.3. The van der Waals surface area contributed by atoms with Crippen molar-refractivity contribution in [1.29, 1.82) is 5.26 Å². The average molecular weight is 410 g/mol. The summed E-state index contributed by atoms with van der Waals surface area (Å²) in [6.07, 6.45) is -0.713. The number of hydrogen-bond donors (Lipinski definition) is 0. The predicted octanol–water partition coefficient (Wildman–Crippen LogP) is 2.12. The predicted molar refractivity (Wildman–Crippen MR) is 76.0 cm³/mol. The average Bonchev–Trinajstić information content (AvgIpc) is 2.41. The molecule has 1 heterocycles. The Morgan fingerprint density at radius 3 is 2.84 bits per heavy atom. The third-order valence-corrected chi connectivity index (χ3v) is 6.04.